The zero-order valence-electron chi connectivity index (χ0n) is 11.5. The molecule has 1 aliphatic rings. The molecule has 0 atom stereocenters. The van der Waals surface area contributed by atoms with Crippen molar-refractivity contribution in [1.82, 2.24) is 10.3 Å². The van der Waals surface area contributed by atoms with Crippen molar-refractivity contribution in [3.8, 4) is 0 Å². The monoisotopic (exact) mass is 285 g/mol. The van der Waals surface area contributed by atoms with Crippen LogP contribution in [0.4, 0.5) is 15.0 Å². The van der Waals surface area contributed by atoms with E-state index in [-0.39, 0.29) is 11.8 Å². The van der Waals surface area contributed by atoms with Gasteiger partial charge in [0.05, 0.1) is 5.54 Å². The first-order chi connectivity index (χ1) is 10.2. The van der Waals surface area contributed by atoms with E-state index in [1.165, 1.54) is 12.1 Å². The number of hydrogen-bond acceptors (Lipinski definition) is 2. The second-order valence-corrected chi connectivity index (χ2v) is 5.24. The molecule has 0 unspecified atom stereocenters. The zero-order valence-corrected chi connectivity index (χ0v) is 11.5. The van der Waals surface area contributed by atoms with E-state index in [4.69, 9.17) is 0 Å². The quantitative estimate of drug-likeness (QED) is 0.908. The minimum atomic E-state index is -0.396. The third kappa shape index (κ3) is 2.86. The zero-order chi connectivity index (χ0) is 14.7. The van der Waals surface area contributed by atoms with Crippen LogP contribution in [0.3, 0.4) is 0 Å². The fourth-order valence-corrected chi connectivity index (χ4v) is 2.59. The summed E-state index contributed by atoms with van der Waals surface area (Å²) in [5.74, 6) is 0.231. The van der Waals surface area contributed by atoms with Gasteiger partial charge in [-0.15, -0.1) is 0 Å². The Morgan fingerprint density at radius 2 is 1.90 bits per heavy atom. The minimum absolute atomic E-state index is 0.272. The molecule has 108 valence electrons. The Morgan fingerprint density at radius 1 is 1.14 bits per heavy atom. The largest absolute Gasteiger partial charge is 0.328 e. The third-order valence-corrected chi connectivity index (χ3v) is 3.86. The summed E-state index contributed by atoms with van der Waals surface area (Å²) >= 11 is 0. The topological polar surface area (TPSA) is 54.0 Å². The first-order valence-electron chi connectivity index (χ1n) is 6.94. The van der Waals surface area contributed by atoms with E-state index in [1.807, 2.05) is 6.07 Å². The van der Waals surface area contributed by atoms with Gasteiger partial charge in [0.25, 0.3) is 0 Å². The minimum Gasteiger partial charge on any atom is -0.328 e. The number of amides is 2. The summed E-state index contributed by atoms with van der Waals surface area (Å²) < 4.78 is 13.0. The van der Waals surface area contributed by atoms with Crippen LogP contribution in [0.15, 0.2) is 48.7 Å². The highest BCUT2D eigenvalue weighted by molar-refractivity contribution is 5.88. The number of hydrogen-bond donors (Lipinski definition) is 2. The molecular weight excluding hydrogens is 269 g/mol. The highest BCUT2D eigenvalue weighted by Gasteiger charge is 2.40. The van der Waals surface area contributed by atoms with E-state index in [0.29, 0.717) is 5.82 Å². The first kappa shape index (κ1) is 13.5. The number of benzene rings is 1. The Labute approximate surface area is 122 Å². The smallest absolute Gasteiger partial charge is 0.321 e. The Bertz CT molecular complexity index is 624. The molecule has 4 nitrogen and oxygen atoms in total. The summed E-state index contributed by atoms with van der Waals surface area (Å²) in [5.41, 5.74) is 0.540. The predicted octanol–water partition coefficient (Wildman–Crippen LogP) is 3.42. The molecule has 0 bridgehead atoms. The number of carbonyl (C=O) groups is 1. The molecule has 2 aromatic rings. The molecule has 1 aliphatic carbocycles. The molecule has 1 heterocycles. The molecule has 2 amide bonds. The van der Waals surface area contributed by atoms with Crippen molar-refractivity contribution in [2.75, 3.05) is 5.32 Å². The Hall–Kier alpha value is -2.43. The molecule has 5 heteroatoms. The number of nitrogens with one attached hydrogen (secondary N) is 2. The maximum absolute atomic E-state index is 13.0. The van der Waals surface area contributed by atoms with Crippen LogP contribution < -0.4 is 10.6 Å². The van der Waals surface area contributed by atoms with Crippen LogP contribution in [0.25, 0.3) is 0 Å². The Balaban J connectivity index is 1.72. The van der Waals surface area contributed by atoms with Crippen LogP contribution in [0.1, 0.15) is 24.8 Å². The molecule has 21 heavy (non-hydrogen) atoms. The van der Waals surface area contributed by atoms with Gasteiger partial charge < -0.3 is 5.32 Å². The maximum Gasteiger partial charge on any atom is 0.321 e. The maximum atomic E-state index is 13.0. The van der Waals surface area contributed by atoms with Crippen molar-refractivity contribution in [2.45, 2.75) is 24.8 Å². The SMILES string of the molecule is O=C(Nc1ccccn1)NC1(c2ccc(F)cc2)CCC1. The molecule has 3 rings (SSSR count). The van der Waals surface area contributed by atoms with Gasteiger partial charge in [0, 0.05) is 6.20 Å². The van der Waals surface area contributed by atoms with Crippen molar-refractivity contribution < 1.29 is 9.18 Å². The predicted molar refractivity (Wildman–Crippen MR) is 78.3 cm³/mol. The number of anilines is 1. The number of pyridine rings is 1. The van der Waals surface area contributed by atoms with Gasteiger partial charge in [-0.1, -0.05) is 18.2 Å². The van der Waals surface area contributed by atoms with Gasteiger partial charge in [-0.25, -0.2) is 14.2 Å². The summed E-state index contributed by atoms with van der Waals surface area (Å²) in [4.78, 5) is 16.2. The molecular formula is C16H16FN3O. The lowest BCUT2D eigenvalue weighted by Gasteiger charge is -2.43. The van der Waals surface area contributed by atoms with Crippen LogP contribution in [-0.4, -0.2) is 11.0 Å². The number of urea groups is 1. The summed E-state index contributed by atoms with van der Waals surface area (Å²) in [7, 11) is 0. The van der Waals surface area contributed by atoms with E-state index >= 15 is 0 Å². The lowest BCUT2D eigenvalue weighted by atomic mass is 9.72. The van der Waals surface area contributed by atoms with Crippen molar-refractivity contribution in [2.24, 2.45) is 0 Å². The highest BCUT2D eigenvalue weighted by Crippen LogP contribution is 2.41. The van der Waals surface area contributed by atoms with Crippen LogP contribution >= 0.6 is 0 Å². The number of rotatable bonds is 3. The molecule has 0 spiro atoms. The molecule has 1 fully saturated rings. The second kappa shape index (κ2) is 5.52. The van der Waals surface area contributed by atoms with E-state index in [2.05, 4.69) is 15.6 Å². The standard InChI is InChI=1S/C16H16FN3O/c17-13-7-5-12(6-8-13)16(9-3-10-16)20-15(21)19-14-4-1-2-11-18-14/h1-2,4-8,11H,3,9-10H2,(H2,18,19,20,21). The molecule has 1 saturated carbocycles. The van der Waals surface area contributed by atoms with E-state index in [9.17, 15) is 9.18 Å². The number of nitrogens with zero attached hydrogens (tertiary/aromatic N) is 1. The van der Waals surface area contributed by atoms with Gasteiger partial charge in [0.1, 0.15) is 11.6 Å². The Kier molecular flexibility index (Phi) is 3.56. The van der Waals surface area contributed by atoms with Crippen molar-refractivity contribution >= 4 is 11.8 Å². The van der Waals surface area contributed by atoms with Crippen LogP contribution in [0.5, 0.6) is 0 Å². The lowest BCUT2D eigenvalue weighted by molar-refractivity contribution is 0.185. The van der Waals surface area contributed by atoms with E-state index in [0.717, 1.165) is 24.8 Å². The number of carbonyl (C=O) groups excluding carboxylic acids is 1. The average Bonchev–Trinajstić information content (AvgIpc) is 2.45. The molecule has 0 aliphatic heterocycles. The molecule has 0 radical (unpaired) electrons. The molecule has 0 saturated heterocycles. The van der Waals surface area contributed by atoms with Crippen LogP contribution in [0.2, 0.25) is 0 Å². The summed E-state index contributed by atoms with van der Waals surface area (Å²) in [5, 5.41) is 5.71. The van der Waals surface area contributed by atoms with Crippen molar-refractivity contribution in [1.29, 1.82) is 0 Å². The number of halogens is 1. The average molecular weight is 285 g/mol. The Morgan fingerprint density at radius 3 is 2.48 bits per heavy atom. The normalized spacial score (nSPS) is 15.9. The van der Waals surface area contributed by atoms with Gasteiger partial charge in [0.15, 0.2) is 0 Å². The van der Waals surface area contributed by atoms with Crippen LogP contribution in [0, 0.1) is 5.82 Å². The van der Waals surface area contributed by atoms with E-state index < -0.39 is 5.54 Å². The van der Waals surface area contributed by atoms with Gasteiger partial charge in [-0.05, 0) is 49.1 Å². The fraction of sp³-hybridized carbons (Fsp3) is 0.250. The lowest BCUT2D eigenvalue weighted by Crippen LogP contribution is -2.52. The first-order valence-corrected chi connectivity index (χ1v) is 6.94. The fourth-order valence-electron chi connectivity index (χ4n) is 2.59. The molecule has 1 aromatic carbocycles. The van der Waals surface area contributed by atoms with Gasteiger partial charge in [0.2, 0.25) is 0 Å². The molecule has 2 N–H and O–H groups in total. The van der Waals surface area contributed by atoms with Crippen LogP contribution in [-0.2, 0) is 5.54 Å². The van der Waals surface area contributed by atoms with E-state index in [1.54, 1.807) is 30.5 Å². The van der Waals surface area contributed by atoms with Crippen molar-refractivity contribution in [3.63, 3.8) is 0 Å². The van der Waals surface area contributed by atoms with Gasteiger partial charge >= 0.3 is 6.03 Å². The van der Waals surface area contributed by atoms with Gasteiger partial charge in [-0.2, -0.15) is 0 Å². The summed E-state index contributed by atoms with van der Waals surface area (Å²) in [6, 6.07) is 11.3. The van der Waals surface area contributed by atoms with Crippen molar-refractivity contribution in [3.05, 3.63) is 60.0 Å². The third-order valence-electron chi connectivity index (χ3n) is 3.86. The summed E-state index contributed by atoms with van der Waals surface area (Å²) in [6.07, 6.45) is 4.37. The van der Waals surface area contributed by atoms with Gasteiger partial charge in [-0.3, -0.25) is 5.32 Å². The summed E-state index contributed by atoms with van der Waals surface area (Å²) in [6.45, 7) is 0. The second-order valence-electron chi connectivity index (χ2n) is 5.24. The number of aromatic nitrogens is 1. The highest BCUT2D eigenvalue weighted by atomic mass is 19.1. The molecule has 1 aromatic heterocycles.